The molecule has 0 aliphatic carbocycles. The molecule has 1 atom stereocenters. The number of unbranched alkanes of at least 4 members (excludes halogenated alkanes) is 47. The molecule has 0 aromatic heterocycles. The Kier molecular flexibility index (Phi) is 50.9. The second-order valence-corrected chi connectivity index (χ2v) is 19.7. The van der Waals surface area contributed by atoms with Crippen LogP contribution in [0, 0.1) is 5.92 Å². The van der Waals surface area contributed by atoms with Gasteiger partial charge in [0.2, 0.25) is 0 Å². The first kappa shape index (κ1) is 58.2. The van der Waals surface area contributed by atoms with Gasteiger partial charge >= 0.3 is 5.97 Å². The van der Waals surface area contributed by atoms with Crippen LogP contribution in [-0.4, -0.2) is 11.1 Å². The molecule has 0 aliphatic rings. The largest absolute Gasteiger partial charge is 0.478 e. The summed E-state index contributed by atoms with van der Waals surface area (Å²) in [6.07, 6.45) is 71.4. The maximum atomic E-state index is 11.7. The number of carboxylic acids is 1. The van der Waals surface area contributed by atoms with Gasteiger partial charge in [-0.1, -0.05) is 335 Å². The molecule has 352 valence electrons. The summed E-state index contributed by atoms with van der Waals surface area (Å²) < 4.78 is 0. The highest BCUT2D eigenvalue weighted by atomic mass is 16.4. The van der Waals surface area contributed by atoms with E-state index in [0.717, 1.165) is 25.7 Å². The van der Waals surface area contributed by atoms with E-state index in [4.69, 9.17) is 0 Å². The van der Waals surface area contributed by atoms with Crippen LogP contribution in [0.2, 0.25) is 0 Å². The first-order chi connectivity index (χ1) is 29.1. The summed E-state index contributed by atoms with van der Waals surface area (Å²) in [4.78, 5) is 11.7. The fourth-order valence-corrected chi connectivity index (χ4v) is 9.55. The number of hydrogen-bond donors (Lipinski definition) is 1. The first-order valence-corrected chi connectivity index (χ1v) is 28.1. The molecule has 0 saturated heterocycles. The molecule has 0 aliphatic heterocycles. The zero-order chi connectivity index (χ0) is 42.8. The maximum Gasteiger partial charge on any atom is 0.331 e. The van der Waals surface area contributed by atoms with Crippen molar-refractivity contribution < 1.29 is 9.90 Å². The van der Waals surface area contributed by atoms with Crippen molar-refractivity contribution in [2.45, 2.75) is 341 Å². The Labute approximate surface area is 373 Å². The van der Waals surface area contributed by atoms with Gasteiger partial charge in [0.25, 0.3) is 0 Å². The number of aliphatic carboxylic acids is 1. The van der Waals surface area contributed by atoms with E-state index in [2.05, 4.69) is 20.4 Å². The van der Waals surface area contributed by atoms with Crippen LogP contribution in [-0.2, 0) is 4.79 Å². The molecule has 0 rings (SSSR count). The highest BCUT2D eigenvalue weighted by molar-refractivity contribution is 5.86. The maximum absolute atomic E-state index is 11.7. The Morgan fingerprint density at radius 1 is 0.288 bits per heavy atom. The Morgan fingerprint density at radius 2 is 0.424 bits per heavy atom. The summed E-state index contributed by atoms with van der Waals surface area (Å²) in [5.41, 5.74) is 0.461. The predicted molar refractivity (Wildman–Crippen MR) is 267 cm³/mol. The average Bonchev–Trinajstić information content (AvgIpc) is 3.24. The third-order valence-corrected chi connectivity index (χ3v) is 13.8. The Hall–Kier alpha value is -0.790. The van der Waals surface area contributed by atoms with Gasteiger partial charge in [0.15, 0.2) is 0 Å². The zero-order valence-electron chi connectivity index (χ0n) is 41.2. The number of rotatable bonds is 53. The summed E-state index contributed by atoms with van der Waals surface area (Å²) in [6.45, 7) is 8.58. The molecule has 0 saturated carbocycles. The molecule has 2 nitrogen and oxygen atoms in total. The second-order valence-electron chi connectivity index (χ2n) is 19.7. The molecule has 0 aromatic rings. The van der Waals surface area contributed by atoms with Crippen molar-refractivity contribution in [3.63, 3.8) is 0 Å². The molecule has 0 fully saturated rings. The zero-order valence-corrected chi connectivity index (χ0v) is 41.2. The van der Waals surface area contributed by atoms with Crippen molar-refractivity contribution in [2.75, 3.05) is 0 Å². The van der Waals surface area contributed by atoms with E-state index < -0.39 is 5.97 Å². The molecular formula is C57H112O2. The normalized spacial score (nSPS) is 12.1. The van der Waals surface area contributed by atoms with Crippen molar-refractivity contribution >= 4 is 5.97 Å². The lowest BCUT2D eigenvalue weighted by Crippen LogP contribution is -2.12. The van der Waals surface area contributed by atoms with E-state index in [-0.39, 0.29) is 5.92 Å². The molecule has 0 heterocycles. The summed E-state index contributed by atoms with van der Waals surface area (Å²) in [6, 6.07) is 0. The molecule has 0 aromatic carbocycles. The van der Waals surface area contributed by atoms with E-state index in [1.54, 1.807) is 0 Å². The van der Waals surface area contributed by atoms with Gasteiger partial charge in [0, 0.05) is 5.57 Å². The molecular weight excluding hydrogens is 717 g/mol. The molecule has 59 heavy (non-hydrogen) atoms. The van der Waals surface area contributed by atoms with Crippen molar-refractivity contribution in [2.24, 2.45) is 5.92 Å². The summed E-state index contributed by atoms with van der Waals surface area (Å²) in [5.74, 6) is -0.602. The summed E-state index contributed by atoms with van der Waals surface area (Å²) >= 11 is 0. The van der Waals surface area contributed by atoms with Crippen LogP contribution in [0.1, 0.15) is 341 Å². The standard InChI is InChI=1S/C57H112O2/c1-4-6-8-10-12-14-16-18-20-22-24-25-26-27-28-29-30-31-32-33-34-35-36-38-40-42-44-46-48-50-52-54-56(55(3)57(58)59)53-51-49-47-45-43-41-39-37-23-21-19-17-15-13-11-9-7-5-2/h56H,3-54H2,1-2H3,(H,58,59). The lowest BCUT2D eigenvalue weighted by Gasteiger charge is -2.17. The molecule has 1 N–H and O–H groups in total. The van der Waals surface area contributed by atoms with Crippen molar-refractivity contribution in [1.82, 2.24) is 0 Å². The van der Waals surface area contributed by atoms with E-state index in [1.807, 2.05) is 0 Å². The molecule has 0 radical (unpaired) electrons. The average molecular weight is 830 g/mol. The molecule has 2 heteroatoms. The van der Waals surface area contributed by atoms with Gasteiger partial charge in [-0.05, 0) is 18.8 Å². The minimum atomic E-state index is -0.779. The third kappa shape index (κ3) is 48.1. The van der Waals surface area contributed by atoms with Crippen LogP contribution in [0.25, 0.3) is 0 Å². The number of hydrogen-bond acceptors (Lipinski definition) is 1. The van der Waals surface area contributed by atoms with Gasteiger partial charge < -0.3 is 5.11 Å². The predicted octanol–water partition coefficient (Wildman–Crippen LogP) is 21.2. The van der Waals surface area contributed by atoms with Crippen molar-refractivity contribution in [3.8, 4) is 0 Å². The Morgan fingerprint density at radius 3 is 0.559 bits per heavy atom. The van der Waals surface area contributed by atoms with Gasteiger partial charge in [-0.3, -0.25) is 0 Å². The van der Waals surface area contributed by atoms with E-state index in [1.165, 1.54) is 302 Å². The molecule has 1 unspecified atom stereocenters. The minimum Gasteiger partial charge on any atom is -0.478 e. The van der Waals surface area contributed by atoms with Crippen LogP contribution in [0.5, 0.6) is 0 Å². The fourth-order valence-electron chi connectivity index (χ4n) is 9.55. The summed E-state index contributed by atoms with van der Waals surface area (Å²) in [7, 11) is 0. The minimum absolute atomic E-state index is 0.178. The topological polar surface area (TPSA) is 37.3 Å². The van der Waals surface area contributed by atoms with Crippen LogP contribution >= 0.6 is 0 Å². The van der Waals surface area contributed by atoms with Crippen LogP contribution in [0.4, 0.5) is 0 Å². The molecule has 0 bridgehead atoms. The molecule has 0 amide bonds. The van der Waals surface area contributed by atoms with Gasteiger partial charge in [-0.2, -0.15) is 0 Å². The van der Waals surface area contributed by atoms with E-state index in [9.17, 15) is 9.90 Å². The monoisotopic (exact) mass is 829 g/mol. The smallest absolute Gasteiger partial charge is 0.331 e. The van der Waals surface area contributed by atoms with Gasteiger partial charge in [-0.15, -0.1) is 0 Å². The second kappa shape index (κ2) is 51.6. The van der Waals surface area contributed by atoms with Crippen molar-refractivity contribution in [1.29, 1.82) is 0 Å². The third-order valence-electron chi connectivity index (χ3n) is 13.8. The summed E-state index contributed by atoms with van der Waals surface area (Å²) in [5, 5.41) is 9.62. The lowest BCUT2D eigenvalue weighted by atomic mass is 9.88. The highest BCUT2D eigenvalue weighted by Gasteiger charge is 2.17. The van der Waals surface area contributed by atoms with E-state index in [0.29, 0.717) is 5.57 Å². The van der Waals surface area contributed by atoms with Crippen molar-refractivity contribution in [3.05, 3.63) is 12.2 Å². The van der Waals surface area contributed by atoms with E-state index >= 15 is 0 Å². The van der Waals surface area contributed by atoms with Crippen LogP contribution in [0.15, 0.2) is 12.2 Å². The van der Waals surface area contributed by atoms with Gasteiger partial charge in [0.1, 0.15) is 0 Å². The molecule has 0 spiro atoms. The van der Waals surface area contributed by atoms with Gasteiger partial charge in [-0.25, -0.2) is 4.79 Å². The highest BCUT2D eigenvalue weighted by Crippen LogP contribution is 2.26. The Balaban J connectivity index is 3.44. The number of carbonyl (C=O) groups is 1. The SMILES string of the molecule is C=C(C(=O)O)C(CCCCCCCCCCCCCCCCCCCC)CCCCCCCCCCCCCCCCCCCCCCCCCCCCCCCCC. The van der Waals surface area contributed by atoms with Crippen LogP contribution in [0.3, 0.4) is 0 Å². The fraction of sp³-hybridized carbons (Fsp3) is 0.947. The quantitative estimate of drug-likeness (QED) is 0.0490. The number of carboxylic acid groups (broad SMARTS) is 1. The van der Waals surface area contributed by atoms with Crippen LogP contribution < -0.4 is 0 Å². The lowest BCUT2D eigenvalue weighted by molar-refractivity contribution is -0.133. The Bertz CT molecular complexity index is 802. The van der Waals surface area contributed by atoms with Gasteiger partial charge in [0.05, 0.1) is 0 Å². The first-order valence-electron chi connectivity index (χ1n) is 28.1.